The molecule has 148 valence electrons. The van der Waals surface area contributed by atoms with Crippen LogP contribution in [0.3, 0.4) is 0 Å². The van der Waals surface area contributed by atoms with Crippen LogP contribution in [0.4, 0.5) is 0 Å². The van der Waals surface area contributed by atoms with Gasteiger partial charge in [-0.1, -0.05) is 49.7 Å². The van der Waals surface area contributed by atoms with Crippen molar-refractivity contribution in [2.45, 2.75) is 45.1 Å². The van der Waals surface area contributed by atoms with Gasteiger partial charge in [0.05, 0.1) is 0 Å². The summed E-state index contributed by atoms with van der Waals surface area (Å²) in [5.41, 5.74) is 4.50. The van der Waals surface area contributed by atoms with Gasteiger partial charge in [-0.2, -0.15) is 0 Å². The third kappa shape index (κ3) is 3.42. The molecule has 0 spiro atoms. The number of hydrogen-bond acceptors (Lipinski definition) is 3. The minimum absolute atomic E-state index is 0.493. The fraction of sp³-hybridized carbons (Fsp3) is 0.360. The van der Waals surface area contributed by atoms with Crippen molar-refractivity contribution in [1.82, 2.24) is 19.9 Å². The summed E-state index contributed by atoms with van der Waals surface area (Å²) < 4.78 is 2.45. The minimum Gasteiger partial charge on any atom is -0.317 e. The average molecular weight is 385 g/mol. The maximum atomic E-state index is 5.16. The van der Waals surface area contributed by atoms with Gasteiger partial charge in [-0.25, -0.2) is 9.97 Å². The summed E-state index contributed by atoms with van der Waals surface area (Å²) in [6.45, 7) is 4.39. The molecule has 1 aliphatic heterocycles. The van der Waals surface area contributed by atoms with Crippen molar-refractivity contribution in [3.8, 4) is 11.1 Å². The molecule has 1 N–H and O–H groups in total. The molecule has 0 amide bonds. The summed E-state index contributed by atoms with van der Waals surface area (Å²) in [5, 5.41) is 6.02. The molecule has 0 bridgehead atoms. The van der Waals surface area contributed by atoms with Gasteiger partial charge in [-0.3, -0.25) is 0 Å². The summed E-state index contributed by atoms with van der Waals surface area (Å²) in [6.07, 6.45) is 7.61. The molecule has 4 heteroatoms. The second-order valence-electron chi connectivity index (χ2n) is 8.08. The molecule has 4 aromatic rings. The highest BCUT2D eigenvalue weighted by molar-refractivity contribution is 5.94. The first-order valence-corrected chi connectivity index (χ1v) is 10.9. The normalized spacial score (nSPS) is 15.3. The Morgan fingerprint density at radius 1 is 1.03 bits per heavy atom. The number of imidazole rings is 1. The first-order chi connectivity index (χ1) is 14.3. The third-order valence-electron chi connectivity index (χ3n) is 6.14. The van der Waals surface area contributed by atoms with Crippen LogP contribution >= 0.6 is 0 Å². The molecule has 1 aliphatic rings. The summed E-state index contributed by atoms with van der Waals surface area (Å²) in [6, 6.07) is 17.8. The van der Waals surface area contributed by atoms with Gasteiger partial charge in [0.1, 0.15) is 11.3 Å². The second kappa shape index (κ2) is 7.96. The van der Waals surface area contributed by atoms with E-state index < -0.39 is 0 Å². The predicted octanol–water partition coefficient (Wildman–Crippen LogP) is 5.52. The first-order valence-electron chi connectivity index (χ1n) is 10.9. The first kappa shape index (κ1) is 18.3. The molecule has 0 aliphatic carbocycles. The van der Waals surface area contributed by atoms with Gasteiger partial charge in [0.2, 0.25) is 0 Å². The fourth-order valence-electron chi connectivity index (χ4n) is 4.58. The van der Waals surface area contributed by atoms with Crippen molar-refractivity contribution in [2.75, 3.05) is 13.1 Å². The molecule has 0 saturated carbocycles. The Labute approximate surface area is 172 Å². The van der Waals surface area contributed by atoms with E-state index in [9.17, 15) is 0 Å². The molecule has 3 heterocycles. The van der Waals surface area contributed by atoms with Gasteiger partial charge in [-0.05, 0) is 60.8 Å². The Kier molecular flexibility index (Phi) is 5.03. The van der Waals surface area contributed by atoms with Crippen LogP contribution in [-0.4, -0.2) is 27.6 Å². The quantitative estimate of drug-likeness (QED) is 0.493. The van der Waals surface area contributed by atoms with E-state index in [1.54, 1.807) is 0 Å². The maximum absolute atomic E-state index is 5.16. The molecule has 1 saturated heterocycles. The van der Waals surface area contributed by atoms with Crippen molar-refractivity contribution in [3.63, 3.8) is 0 Å². The van der Waals surface area contributed by atoms with E-state index in [0.717, 1.165) is 43.5 Å². The van der Waals surface area contributed by atoms with Crippen LogP contribution in [0.1, 0.15) is 44.5 Å². The van der Waals surface area contributed by atoms with Gasteiger partial charge in [0.15, 0.2) is 5.65 Å². The zero-order chi connectivity index (χ0) is 19.6. The molecular formula is C25H28N4. The zero-order valence-electron chi connectivity index (χ0n) is 17.1. The summed E-state index contributed by atoms with van der Waals surface area (Å²) in [7, 11) is 0. The largest absolute Gasteiger partial charge is 0.317 e. The lowest BCUT2D eigenvalue weighted by atomic mass is 10.0. The molecule has 0 unspecified atom stereocenters. The highest BCUT2D eigenvalue weighted by atomic mass is 15.2. The monoisotopic (exact) mass is 384 g/mol. The standard InChI is InChI=1S/C25H28N4/c1-2-3-8-23-28-24-22(20-10-9-18-6-4-5-7-19(18)17-20)13-16-27-25(24)29(23)21-11-14-26-15-12-21/h4-7,9-10,13,16-17,21,26H,2-3,8,11-12,14-15H2,1H3. The second-order valence-corrected chi connectivity index (χ2v) is 8.08. The number of benzene rings is 2. The SMILES string of the molecule is CCCCc1nc2c(-c3ccc4ccccc4c3)ccnc2n1C1CCNCC1. The van der Waals surface area contributed by atoms with Crippen LogP contribution in [-0.2, 0) is 6.42 Å². The van der Waals surface area contributed by atoms with Gasteiger partial charge in [0, 0.05) is 24.2 Å². The number of rotatable bonds is 5. The van der Waals surface area contributed by atoms with Crippen LogP contribution in [0.25, 0.3) is 33.1 Å². The van der Waals surface area contributed by atoms with Gasteiger partial charge in [0.25, 0.3) is 0 Å². The van der Waals surface area contributed by atoms with Crippen molar-refractivity contribution < 1.29 is 0 Å². The number of hydrogen-bond donors (Lipinski definition) is 1. The van der Waals surface area contributed by atoms with Crippen LogP contribution in [0.5, 0.6) is 0 Å². The maximum Gasteiger partial charge on any atom is 0.160 e. The molecule has 0 atom stereocenters. The van der Waals surface area contributed by atoms with Gasteiger partial charge < -0.3 is 9.88 Å². The average Bonchev–Trinajstić information content (AvgIpc) is 3.16. The van der Waals surface area contributed by atoms with Crippen molar-refractivity contribution in [2.24, 2.45) is 0 Å². The van der Waals surface area contributed by atoms with Crippen LogP contribution in [0.15, 0.2) is 54.7 Å². The van der Waals surface area contributed by atoms with Gasteiger partial charge >= 0.3 is 0 Å². The lowest BCUT2D eigenvalue weighted by Crippen LogP contribution is -2.30. The Morgan fingerprint density at radius 2 is 1.86 bits per heavy atom. The molecule has 2 aromatic carbocycles. The number of aromatic nitrogens is 3. The fourth-order valence-corrected chi connectivity index (χ4v) is 4.58. The van der Waals surface area contributed by atoms with E-state index in [2.05, 4.69) is 65.3 Å². The minimum atomic E-state index is 0.493. The lowest BCUT2D eigenvalue weighted by Gasteiger charge is -2.26. The highest BCUT2D eigenvalue weighted by Crippen LogP contribution is 2.33. The van der Waals surface area contributed by atoms with Crippen LogP contribution in [0.2, 0.25) is 0 Å². The number of aryl methyl sites for hydroxylation is 1. The molecule has 1 fully saturated rings. The van der Waals surface area contributed by atoms with E-state index in [-0.39, 0.29) is 0 Å². The van der Waals surface area contributed by atoms with Crippen LogP contribution < -0.4 is 5.32 Å². The summed E-state index contributed by atoms with van der Waals surface area (Å²) in [4.78, 5) is 9.98. The van der Waals surface area contributed by atoms with E-state index in [0.29, 0.717) is 6.04 Å². The van der Waals surface area contributed by atoms with E-state index in [1.807, 2.05) is 6.20 Å². The topological polar surface area (TPSA) is 42.7 Å². The summed E-state index contributed by atoms with van der Waals surface area (Å²) in [5.74, 6) is 1.20. The number of piperidine rings is 1. The van der Waals surface area contributed by atoms with Crippen LogP contribution in [0, 0.1) is 0 Å². The molecule has 2 aromatic heterocycles. The number of nitrogens with one attached hydrogen (secondary N) is 1. The third-order valence-corrected chi connectivity index (χ3v) is 6.14. The van der Waals surface area contributed by atoms with Crippen molar-refractivity contribution in [1.29, 1.82) is 0 Å². The Bertz CT molecular complexity index is 1140. The molecule has 0 radical (unpaired) electrons. The number of unbranched alkanes of at least 4 members (excludes halogenated alkanes) is 1. The Balaban J connectivity index is 1.67. The lowest BCUT2D eigenvalue weighted by molar-refractivity contribution is 0.365. The highest BCUT2D eigenvalue weighted by Gasteiger charge is 2.23. The molecule has 5 rings (SSSR count). The number of fused-ring (bicyclic) bond motifs is 2. The number of nitrogens with zero attached hydrogens (tertiary/aromatic N) is 3. The predicted molar refractivity (Wildman–Crippen MR) is 120 cm³/mol. The van der Waals surface area contributed by atoms with E-state index in [1.165, 1.54) is 40.6 Å². The molecule has 4 nitrogen and oxygen atoms in total. The molecule has 29 heavy (non-hydrogen) atoms. The Morgan fingerprint density at radius 3 is 2.69 bits per heavy atom. The zero-order valence-corrected chi connectivity index (χ0v) is 17.1. The van der Waals surface area contributed by atoms with E-state index in [4.69, 9.17) is 9.97 Å². The smallest absolute Gasteiger partial charge is 0.160 e. The van der Waals surface area contributed by atoms with Gasteiger partial charge in [-0.15, -0.1) is 0 Å². The van der Waals surface area contributed by atoms with E-state index >= 15 is 0 Å². The van der Waals surface area contributed by atoms with Crippen molar-refractivity contribution in [3.05, 3.63) is 60.6 Å². The number of pyridine rings is 1. The Hall–Kier alpha value is -2.72. The molecular weight excluding hydrogens is 356 g/mol. The van der Waals surface area contributed by atoms with Crippen molar-refractivity contribution >= 4 is 21.9 Å². The summed E-state index contributed by atoms with van der Waals surface area (Å²) >= 11 is 0.